The Kier molecular flexibility index (Phi) is 7.50. The van der Waals surface area contributed by atoms with E-state index in [4.69, 9.17) is 15.2 Å². The van der Waals surface area contributed by atoms with Crippen molar-refractivity contribution in [2.45, 2.75) is 33.2 Å². The maximum absolute atomic E-state index is 10.7. The highest BCUT2D eigenvalue weighted by Crippen LogP contribution is 2.28. The third-order valence-electron chi connectivity index (χ3n) is 2.67. The molecule has 0 aromatic heterocycles. The molecule has 1 amide bonds. The molecule has 5 nitrogen and oxygen atoms in total. The van der Waals surface area contributed by atoms with Gasteiger partial charge in [-0.15, -0.1) is 0 Å². The van der Waals surface area contributed by atoms with Gasteiger partial charge in [-0.2, -0.15) is 0 Å². The van der Waals surface area contributed by atoms with Gasteiger partial charge in [0.1, 0.15) is 0 Å². The molecule has 0 atom stereocenters. The van der Waals surface area contributed by atoms with E-state index in [1.54, 1.807) is 0 Å². The van der Waals surface area contributed by atoms with E-state index >= 15 is 0 Å². The number of carbonyl (C=O) groups is 1. The number of nitrogens with one attached hydrogen (secondary N) is 1. The third kappa shape index (κ3) is 5.93. The quantitative estimate of drug-likeness (QED) is 0.641. The second-order valence-electron chi connectivity index (χ2n) is 4.46. The van der Waals surface area contributed by atoms with Crippen molar-refractivity contribution in [1.82, 2.24) is 5.32 Å². The van der Waals surface area contributed by atoms with E-state index in [2.05, 4.69) is 12.2 Å². The maximum Gasteiger partial charge on any atom is 0.220 e. The van der Waals surface area contributed by atoms with Crippen molar-refractivity contribution < 1.29 is 14.3 Å². The Morgan fingerprint density at radius 3 is 2.70 bits per heavy atom. The van der Waals surface area contributed by atoms with Crippen LogP contribution in [-0.2, 0) is 11.3 Å². The monoisotopic (exact) mass is 280 g/mol. The molecule has 0 aliphatic carbocycles. The van der Waals surface area contributed by atoms with Gasteiger partial charge in [-0.1, -0.05) is 13.0 Å². The minimum absolute atomic E-state index is 0.200. The predicted octanol–water partition coefficient (Wildman–Crippen LogP) is 1.84. The largest absolute Gasteiger partial charge is 0.490 e. The Morgan fingerprint density at radius 1 is 1.25 bits per heavy atom. The minimum Gasteiger partial charge on any atom is -0.490 e. The highest BCUT2D eigenvalue weighted by Gasteiger charge is 2.07. The molecule has 0 unspecified atom stereocenters. The molecule has 112 valence electrons. The molecular formula is C15H24N2O3. The van der Waals surface area contributed by atoms with Crippen molar-refractivity contribution in [1.29, 1.82) is 0 Å². The van der Waals surface area contributed by atoms with Crippen LogP contribution in [0.1, 0.15) is 32.3 Å². The van der Waals surface area contributed by atoms with Gasteiger partial charge in [0, 0.05) is 6.54 Å². The van der Waals surface area contributed by atoms with Gasteiger partial charge in [-0.3, -0.25) is 4.79 Å². The summed E-state index contributed by atoms with van der Waals surface area (Å²) in [4.78, 5) is 10.7. The molecule has 0 spiro atoms. The van der Waals surface area contributed by atoms with Crippen LogP contribution in [0.5, 0.6) is 11.5 Å². The summed E-state index contributed by atoms with van der Waals surface area (Å²) >= 11 is 0. The molecule has 0 saturated carbocycles. The number of amides is 1. The maximum atomic E-state index is 10.7. The summed E-state index contributed by atoms with van der Waals surface area (Å²) in [6, 6.07) is 5.82. The number of primary amides is 1. The van der Waals surface area contributed by atoms with Crippen LogP contribution in [0.4, 0.5) is 0 Å². The highest BCUT2D eigenvalue weighted by atomic mass is 16.5. The first-order valence-electron chi connectivity index (χ1n) is 7.04. The molecule has 1 aromatic carbocycles. The van der Waals surface area contributed by atoms with Crippen LogP contribution in [0.25, 0.3) is 0 Å². The molecule has 0 radical (unpaired) electrons. The van der Waals surface area contributed by atoms with Crippen LogP contribution in [0.3, 0.4) is 0 Å². The van der Waals surface area contributed by atoms with E-state index in [1.165, 1.54) is 0 Å². The summed E-state index contributed by atoms with van der Waals surface area (Å²) in [5.41, 5.74) is 6.23. The highest BCUT2D eigenvalue weighted by molar-refractivity contribution is 5.73. The Hall–Kier alpha value is -1.75. The molecule has 0 heterocycles. The van der Waals surface area contributed by atoms with Crippen LogP contribution in [0.15, 0.2) is 18.2 Å². The fourth-order valence-electron chi connectivity index (χ4n) is 1.72. The molecule has 5 heteroatoms. The summed E-state index contributed by atoms with van der Waals surface area (Å²) in [6.45, 7) is 6.68. The standard InChI is InChI=1S/C15H24N2O3/c1-3-8-17-11-12-5-6-13(14(10-12)19-4-2)20-9-7-15(16)18/h5-6,10,17H,3-4,7-9,11H2,1-2H3,(H2,16,18). The minimum atomic E-state index is -0.372. The first-order chi connectivity index (χ1) is 9.67. The Balaban J connectivity index is 2.65. The number of hydrogen-bond donors (Lipinski definition) is 2. The van der Waals surface area contributed by atoms with Crippen molar-refractivity contribution in [3.05, 3.63) is 23.8 Å². The molecule has 0 bridgehead atoms. The first-order valence-corrected chi connectivity index (χ1v) is 7.04. The number of benzene rings is 1. The van der Waals surface area contributed by atoms with Crippen molar-refractivity contribution in [3.63, 3.8) is 0 Å². The topological polar surface area (TPSA) is 73.6 Å². The normalized spacial score (nSPS) is 10.3. The molecule has 1 aromatic rings. The second-order valence-corrected chi connectivity index (χ2v) is 4.46. The Bertz CT molecular complexity index is 422. The van der Waals surface area contributed by atoms with Crippen molar-refractivity contribution in [3.8, 4) is 11.5 Å². The van der Waals surface area contributed by atoms with Crippen LogP contribution in [0.2, 0.25) is 0 Å². The summed E-state index contributed by atoms with van der Waals surface area (Å²) in [5, 5.41) is 3.34. The van der Waals surface area contributed by atoms with Gasteiger partial charge in [-0.25, -0.2) is 0 Å². The summed E-state index contributed by atoms with van der Waals surface area (Å²) in [6.07, 6.45) is 1.30. The first kappa shape index (κ1) is 16.3. The number of ether oxygens (including phenoxy) is 2. The van der Waals surface area contributed by atoms with E-state index in [0.29, 0.717) is 18.1 Å². The lowest BCUT2D eigenvalue weighted by atomic mass is 10.2. The summed E-state index contributed by atoms with van der Waals surface area (Å²) in [5.74, 6) is 0.975. The van der Waals surface area contributed by atoms with E-state index in [1.807, 2.05) is 25.1 Å². The van der Waals surface area contributed by atoms with Crippen LogP contribution in [0, 0.1) is 0 Å². The van der Waals surface area contributed by atoms with Gasteiger partial charge in [0.05, 0.1) is 19.6 Å². The third-order valence-corrected chi connectivity index (χ3v) is 2.67. The zero-order chi connectivity index (χ0) is 14.8. The fraction of sp³-hybridized carbons (Fsp3) is 0.533. The summed E-state index contributed by atoms with van der Waals surface area (Å²) in [7, 11) is 0. The van der Waals surface area contributed by atoms with Crippen molar-refractivity contribution >= 4 is 5.91 Å². The van der Waals surface area contributed by atoms with E-state index in [0.717, 1.165) is 25.1 Å². The smallest absolute Gasteiger partial charge is 0.220 e. The molecule has 0 aliphatic rings. The van der Waals surface area contributed by atoms with E-state index < -0.39 is 0 Å². The Labute approximate surface area is 120 Å². The predicted molar refractivity (Wildman–Crippen MR) is 78.9 cm³/mol. The van der Waals surface area contributed by atoms with Crippen molar-refractivity contribution in [2.24, 2.45) is 5.73 Å². The summed E-state index contributed by atoms with van der Waals surface area (Å²) < 4.78 is 11.1. The molecule has 0 fully saturated rings. The number of nitrogens with two attached hydrogens (primary N) is 1. The number of hydrogen-bond acceptors (Lipinski definition) is 4. The lowest BCUT2D eigenvalue weighted by molar-refractivity contribution is -0.118. The van der Waals surface area contributed by atoms with Gasteiger partial charge < -0.3 is 20.5 Å². The van der Waals surface area contributed by atoms with E-state index in [-0.39, 0.29) is 18.9 Å². The van der Waals surface area contributed by atoms with Gasteiger partial charge >= 0.3 is 0 Å². The van der Waals surface area contributed by atoms with Gasteiger partial charge in [0.15, 0.2) is 11.5 Å². The number of rotatable bonds is 10. The van der Waals surface area contributed by atoms with Gasteiger partial charge in [0.25, 0.3) is 0 Å². The zero-order valence-electron chi connectivity index (χ0n) is 12.3. The average molecular weight is 280 g/mol. The van der Waals surface area contributed by atoms with Crippen LogP contribution >= 0.6 is 0 Å². The SMILES string of the molecule is CCCNCc1ccc(OCCC(N)=O)c(OCC)c1. The molecule has 0 aliphatic heterocycles. The molecule has 20 heavy (non-hydrogen) atoms. The second kappa shape index (κ2) is 9.20. The van der Waals surface area contributed by atoms with Crippen LogP contribution in [-0.4, -0.2) is 25.7 Å². The van der Waals surface area contributed by atoms with Gasteiger partial charge in [0.2, 0.25) is 5.91 Å². The van der Waals surface area contributed by atoms with Gasteiger partial charge in [-0.05, 0) is 37.6 Å². The van der Waals surface area contributed by atoms with Crippen molar-refractivity contribution in [2.75, 3.05) is 19.8 Å². The number of carbonyl (C=O) groups excluding carboxylic acids is 1. The van der Waals surface area contributed by atoms with Crippen LogP contribution < -0.4 is 20.5 Å². The Morgan fingerprint density at radius 2 is 2.05 bits per heavy atom. The molecular weight excluding hydrogens is 256 g/mol. The average Bonchev–Trinajstić information content (AvgIpc) is 2.41. The fourth-order valence-corrected chi connectivity index (χ4v) is 1.72. The lowest BCUT2D eigenvalue weighted by Gasteiger charge is -2.13. The molecule has 0 saturated heterocycles. The molecule has 3 N–H and O–H groups in total. The zero-order valence-corrected chi connectivity index (χ0v) is 12.3. The lowest BCUT2D eigenvalue weighted by Crippen LogP contribution is -2.15. The molecule has 1 rings (SSSR count). The van der Waals surface area contributed by atoms with E-state index in [9.17, 15) is 4.79 Å².